The fourth-order valence-corrected chi connectivity index (χ4v) is 0.887. The molecular formula is C8H18N4O2. The number of hydrogen-bond donors (Lipinski definition) is 3. The molecule has 6 nitrogen and oxygen atoms in total. The summed E-state index contributed by atoms with van der Waals surface area (Å²) in [6.45, 7) is 0.647. The molecule has 14 heavy (non-hydrogen) atoms. The van der Waals surface area contributed by atoms with Crippen molar-refractivity contribution in [3.05, 3.63) is 0 Å². The number of nitrogens with one attached hydrogen (secondary N) is 1. The van der Waals surface area contributed by atoms with E-state index in [1.165, 1.54) is 7.11 Å². The molecule has 0 fully saturated rings. The maximum absolute atomic E-state index is 10.9. The maximum Gasteiger partial charge on any atom is 0.322 e. The second-order valence-electron chi connectivity index (χ2n) is 2.81. The van der Waals surface area contributed by atoms with Gasteiger partial charge in [-0.2, -0.15) is 0 Å². The second-order valence-corrected chi connectivity index (χ2v) is 2.81. The highest BCUT2D eigenvalue weighted by Gasteiger charge is 2.12. The summed E-state index contributed by atoms with van der Waals surface area (Å²) in [4.78, 5) is 14.6. The summed E-state index contributed by atoms with van der Waals surface area (Å²) in [6.07, 6.45) is 1.31. The molecule has 0 rings (SSSR count). The molecule has 1 atom stereocenters. The number of rotatable bonds is 5. The Labute approximate surface area is 83.7 Å². The quantitative estimate of drug-likeness (QED) is 0.225. The minimum atomic E-state index is -0.554. The van der Waals surface area contributed by atoms with Crippen molar-refractivity contribution in [1.29, 1.82) is 0 Å². The van der Waals surface area contributed by atoms with Crippen molar-refractivity contribution < 1.29 is 9.53 Å². The summed E-state index contributed by atoms with van der Waals surface area (Å²) in [7, 11) is 2.92. The molecular weight excluding hydrogens is 184 g/mol. The van der Waals surface area contributed by atoms with E-state index < -0.39 is 6.04 Å². The molecule has 0 bridgehead atoms. The van der Waals surface area contributed by atoms with Crippen LogP contribution in [-0.4, -0.2) is 38.7 Å². The zero-order valence-corrected chi connectivity index (χ0v) is 8.62. The molecule has 0 aliphatic heterocycles. The highest BCUT2D eigenvalue weighted by atomic mass is 16.5. The molecule has 0 heterocycles. The number of carbonyl (C=O) groups is 1. The first-order valence-electron chi connectivity index (χ1n) is 4.41. The van der Waals surface area contributed by atoms with Gasteiger partial charge in [-0.1, -0.05) is 0 Å². The first kappa shape index (κ1) is 12.7. The third kappa shape index (κ3) is 5.36. The van der Waals surface area contributed by atoms with Gasteiger partial charge < -0.3 is 21.5 Å². The molecule has 0 aromatic carbocycles. The lowest BCUT2D eigenvalue weighted by Crippen LogP contribution is -2.35. The molecule has 0 spiro atoms. The Morgan fingerprint density at radius 3 is 2.79 bits per heavy atom. The fourth-order valence-electron chi connectivity index (χ4n) is 0.887. The predicted octanol–water partition coefficient (Wildman–Crippen LogP) is -1.20. The van der Waals surface area contributed by atoms with Crippen LogP contribution >= 0.6 is 0 Å². The van der Waals surface area contributed by atoms with Crippen molar-refractivity contribution in [2.24, 2.45) is 16.5 Å². The van der Waals surface area contributed by atoms with Crippen LogP contribution in [0.15, 0.2) is 4.99 Å². The zero-order chi connectivity index (χ0) is 11.0. The van der Waals surface area contributed by atoms with Crippen LogP contribution < -0.4 is 16.8 Å². The molecule has 0 aliphatic rings. The number of carbonyl (C=O) groups excluding carboxylic acids is 1. The maximum atomic E-state index is 10.9. The Morgan fingerprint density at radius 2 is 2.29 bits per heavy atom. The summed E-state index contributed by atoms with van der Waals surface area (Å²) >= 11 is 0. The van der Waals surface area contributed by atoms with Gasteiger partial charge in [-0.05, 0) is 12.8 Å². The lowest BCUT2D eigenvalue weighted by Gasteiger charge is -2.09. The van der Waals surface area contributed by atoms with Crippen molar-refractivity contribution in [1.82, 2.24) is 5.32 Å². The Hall–Kier alpha value is -1.30. The van der Waals surface area contributed by atoms with Crippen LogP contribution in [0.3, 0.4) is 0 Å². The van der Waals surface area contributed by atoms with E-state index in [0.717, 1.165) is 6.42 Å². The van der Waals surface area contributed by atoms with Gasteiger partial charge in [-0.25, -0.2) is 0 Å². The molecule has 5 N–H and O–H groups in total. The first-order chi connectivity index (χ1) is 6.61. The number of aliphatic imine (C=N–C) groups is 1. The van der Waals surface area contributed by atoms with E-state index in [-0.39, 0.29) is 5.97 Å². The van der Waals surface area contributed by atoms with E-state index >= 15 is 0 Å². The summed E-state index contributed by atoms with van der Waals surface area (Å²) in [6, 6.07) is -0.554. The molecule has 0 radical (unpaired) electrons. The zero-order valence-electron chi connectivity index (χ0n) is 8.62. The summed E-state index contributed by atoms with van der Waals surface area (Å²) in [5, 5.41) is 2.86. The number of ether oxygens (including phenoxy) is 1. The van der Waals surface area contributed by atoms with Gasteiger partial charge >= 0.3 is 5.97 Å². The summed E-state index contributed by atoms with van der Waals surface area (Å²) < 4.78 is 4.48. The molecule has 82 valence electrons. The average Bonchev–Trinajstić information content (AvgIpc) is 2.22. The van der Waals surface area contributed by atoms with Crippen LogP contribution in [0.2, 0.25) is 0 Å². The van der Waals surface area contributed by atoms with E-state index in [2.05, 4.69) is 15.0 Å². The van der Waals surface area contributed by atoms with Crippen LogP contribution in [0.5, 0.6) is 0 Å². The summed E-state index contributed by atoms with van der Waals surface area (Å²) in [5.74, 6) is -0.00114. The van der Waals surface area contributed by atoms with Gasteiger partial charge in [0.25, 0.3) is 0 Å². The molecule has 0 aliphatic carbocycles. The van der Waals surface area contributed by atoms with Gasteiger partial charge in [-0.3, -0.25) is 9.79 Å². The first-order valence-corrected chi connectivity index (χ1v) is 4.41. The number of hydrogen-bond acceptors (Lipinski definition) is 4. The molecule has 0 amide bonds. The molecule has 0 saturated carbocycles. The van der Waals surface area contributed by atoms with Crippen LogP contribution in [0.1, 0.15) is 12.8 Å². The standard InChI is InChI=1S/C8H18N4O2/c1-11-8(10)12-5-3-4-6(9)7(13)14-2/h6H,3-5,9H2,1-2H3,(H3,10,11,12)/t6-/m1/s1. The average molecular weight is 202 g/mol. The Balaban J connectivity index is 3.50. The largest absolute Gasteiger partial charge is 0.468 e. The number of nitrogens with two attached hydrogens (primary N) is 2. The lowest BCUT2D eigenvalue weighted by molar-refractivity contribution is -0.142. The van der Waals surface area contributed by atoms with Gasteiger partial charge in [-0.15, -0.1) is 0 Å². The molecule has 0 saturated heterocycles. The Morgan fingerprint density at radius 1 is 1.64 bits per heavy atom. The molecule has 0 aromatic heterocycles. The third-order valence-electron chi connectivity index (χ3n) is 1.74. The summed E-state index contributed by atoms with van der Waals surface area (Å²) in [5.41, 5.74) is 10.9. The number of guanidine groups is 1. The highest BCUT2D eigenvalue weighted by molar-refractivity contribution is 5.77. The van der Waals surface area contributed by atoms with Crippen molar-refractivity contribution in [3.8, 4) is 0 Å². The van der Waals surface area contributed by atoms with E-state index in [4.69, 9.17) is 11.5 Å². The van der Waals surface area contributed by atoms with Crippen LogP contribution in [0.25, 0.3) is 0 Å². The minimum Gasteiger partial charge on any atom is -0.468 e. The minimum absolute atomic E-state index is 0.386. The number of nitrogens with zero attached hydrogens (tertiary/aromatic N) is 1. The van der Waals surface area contributed by atoms with Crippen molar-refractivity contribution in [3.63, 3.8) is 0 Å². The van der Waals surface area contributed by atoms with E-state index in [0.29, 0.717) is 18.9 Å². The van der Waals surface area contributed by atoms with Gasteiger partial charge in [0.15, 0.2) is 5.96 Å². The lowest BCUT2D eigenvalue weighted by atomic mass is 10.2. The third-order valence-corrected chi connectivity index (χ3v) is 1.74. The number of methoxy groups -OCH3 is 1. The van der Waals surface area contributed by atoms with E-state index in [1.807, 2.05) is 0 Å². The Kier molecular flexibility index (Phi) is 6.47. The fraction of sp³-hybridized carbons (Fsp3) is 0.750. The van der Waals surface area contributed by atoms with Crippen molar-refractivity contribution in [2.45, 2.75) is 18.9 Å². The predicted molar refractivity (Wildman–Crippen MR) is 54.8 cm³/mol. The van der Waals surface area contributed by atoms with Crippen molar-refractivity contribution >= 4 is 11.9 Å². The van der Waals surface area contributed by atoms with Crippen LogP contribution in [-0.2, 0) is 9.53 Å². The van der Waals surface area contributed by atoms with Crippen LogP contribution in [0.4, 0.5) is 0 Å². The smallest absolute Gasteiger partial charge is 0.322 e. The normalized spacial score (nSPS) is 13.5. The molecule has 6 heteroatoms. The van der Waals surface area contributed by atoms with Gasteiger partial charge in [0.1, 0.15) is 6.04 Å². The van der Waals surface area contributed by atoms with Crippen LogP contribution in [0, 0.1) is 0 Å². The highest BCUT2D eigenvalue weighted by Crippen LogP contribution is 1.94. The Bertz CT molecular complexity index is 206. The second kappa shape index (κ2) is 7.14. The van der Waals surface area contributed by atoms with E-state index in [9.17, 15) is 4.79 Å². The van der Waals surface area contributed by atoms with E-state index in [1.54, 1.807) is 7.05 Å². The topological polar surface area (TPSA) is 103 Å². The van der Waals surface area contributed by atoms with Gasteiger partial charge in [0.2, 0.25) is 0 Å². The SMILES string of the molecule is CN=C(N)NCCC[C@@H](N)C(=O)OC. The van der Waals surface area contributed by atoms with Gasteiger partial charge in [0, 0.05) is 13.6 Å². The molecule has 0 aromatic rings. The number of esters is 1. The molecule has 0 unspecified atom stereocenters. The van der Waals surface area contributed by atoms with Crippen molar-refractivity contribution in [2.75, 3.05) is 20.7 Å². The van der Waals surface area contributed by atoms with Gasteiger partial charge in [0.05, 0.1) is 7.11 Å². The monoisotopic (exact) mass is 202 g/mol.